The van der Waals surface area contributed by atoms with Gasteiger partial charge in [0.25, 0.3) is 0 Å². The first kappa shape index (κ1) is 13.1. The molecule has 1 aliphatic carbocycles. The number of hydrogen-bond donors (Lipinski definition) is 1. The van der Waals surface area contributed by atoms with E-state index in [1.165, 1.54) is 37.1 Å². The van der Waals surface area contributed by atoms with E-state index in [4.69, 9.17) is 10.7 Å². The number of hydrogen-bond acceptors (Lipinski definition) is 3. The van der Waals surface area contributed by atoms with Crippen LogP contribution in [0.2, 0.25) is 0 Å². The van der Waals surface area contributed by atoms with Gasteiger partial charge in [-0.05, 0) is 25.0 Å². The second-order valence-corrected chi connectivity index (χ2v) is 7.09. The van der Waals surface area contributed by atoms with Gasteiger partial charge in [0.1, 0.15) is 10.7 Å². The van der Waals surface area contributed by atoms with Crippen molar-refractivity contribution in [1.29, 1.82) is 0 Å². The highest BCUT2D eigenvalue weighted by atomic mass is 79.9. The molecule has 100 valence electrons. The van der Waals surface area contributed by atoms with E-state index >= 15 is 0 Å². The number of halogens is 1. The largest absolute Gasteiger partial charge is 0.389 e. The second kappa shape index (κ2) is 5.63. The number of rotatable bonds is 2. The molecule has 2 nitrogen and oxygen atoms in total. The molecule has 4 heteroatoms. The first-order valence-electron chi connectivity index (χ1n) is 6.76. The van der Waals surface area contributed by atoms with Crippen LogP contribution in [-0.2, 0) is 0 Å². The molecule has 0 unspecified atom stereocenters. The SMILES string of the molecule is Nc1sc(C2CCCCC2)nc1-c1cccc(Br)c1. The highest BCUT2D eigenvalue weighted by molar-refractivity contribution is 9.10. The van der Waals surface area contributed by atoms with Gasteiger partial charge in [-0.1, -0.05) is 47.3 Å². The van der Waals surface area contributed by atoms with E-state index in [1.807, 2.05) is 12.1 Å². The molecule has 2 aromatic rings. The van der Waals surface area contributed by atoms with Gasteiger partial charge in [0.05, 0.1) is 5.01 Å². The fourth-order valence-electron chi connectivity index (χ4n) is 2.72. The summed E-state index contributed by atoms with van der Waals surface area (Å²) in [6.07, 6.45) is 6.57. The van der Waals surface area contributed by atoms with E-state index in [0.29, 0.717) is 5.92 Å². The van der Waals surface area contributed by atoms with Crippen LogP contribution in [0.1, 0.15) is 43.0 Å². The lowest BCUT2D eigenvalue weighted by Crippen LogP contribution is -2.03. The van der Waals surface area contributed by atoms with E-state index in [0.717, 1.165) is 20.7 Å². The van der Waals surface area contributed by atoms with Crippen LogP contribution in [0.15, 0.2) is 28.7 Å². The summed E-state index contributed by atoms with van der Waals surface area (Å²) < 4.78 is 1.07. The average Bonchev–Trinajstić information content (AvgIpc) is 2.82. The summed E-state index contributed by atoms with van der Waals surface area (Å²) in [4.78, 5) is 4.82. The van der Waals surface area contributed by atoms with Crippen LogP contribution in [0.3, 0.4) is 0 Å². The molecular formula is C15H17BrN2S. The third-order valence-electron chi connectivity index (χ3n) is 3.72. The van der Waals surface area contributed by atoms with Crippen LogP contribution < -0.4 is 5.73 Å². The lowest BCUT2D eigenvalue weighted by molar-refractivity contribution is 0.442. The highest BCUT2D eigenvalue weighted by Crippen LogP contribution is 2.39. The van der Waals surface area contributed by atoms with Gasteiger partial charge in [-0.2, -0.15) is 0 Å². The fourth-order valence-corrected chi connectivity index (χ4v) is 4.14. The minimum absolute atomic E-state index is 0.627. The zero-order chi connectivity index (χ0) is 13.2. The van der Waals surface area contributed by atoms with Gasteiger partial charge in [0.2, 0.25) is 0 Å². The van der Waals surface area contributed by atoms with Gasteiger partial charge < -0.3 is 5.73 Å². The van der Waals surface area contributed by atoms with Crippen molar-refractivity contribution in [2.75, 3.05) is 5.73 Å². The van der Waals surface area contributed by atoms with Crippen molar-refractivity contribution >= 4 is 32.3 Å². The van der Waals surface area contributed by atoms with Crippen LogP contribution in [0.4, 0.5) is 5.00 Å². The number of nitrogens with zero attached hydrogens (tertiary/aromatic N) is 1. The second-order valence-electron chi connectivity index (χ2n) is 5.11. The van der Waals surface area contributed by atoms with Crippen molar-refractivity contribution in [3.05, 3.63) is 33.7 Å². The van der Waals surface area contributed by atoms with E-state index in [9.17, 15) is 0 Å². The molecule has 1 aromatic heterocycles. The molecule has 0 radical (unpaired) electrons. The van der Waals surface area contributed by atoms with Gasteiger partial charge in [-0.25, -0.2) is 4.98 Å². The predicted octanol–water partition coefficient (Wildman–Crippen LogP) is 5.20. The van der Waals surface area contributed by atoms with Crippen molar-refractivity contribution in [3.8, 4) is 11.3 Å². The van der Waals surface area contributed by atoms with Gasteiger partial charge in [-0.15, -0.1) is 11.3 Å². The predicted molar refractivity (Wildman–Crippen MR) is 85.5 cm³/mol. The quantitative estimate of drug-likeness (QED) is 0.818. The molecule has 0 bridgehead atoms. The Hall–Kier alpha value is -0.870. The molecule has 1 fully saturated rings. The molecule has 19 heavy (non-hydrogen) atoms. The number of aromatic nitrogens is 1. The van der Waals surface area contributed by atoms with Gasteiger partial charge in [0, 0.05) is 16.0 Å². The Balaban J connectivity index is 1.92. The molecule has 1 heterocycles. The van der Waals surface area contributed by atoms with Crippen LogP contribution in [0, 0.1) is 0 Å². The van der Waals surface area contributed by atoms with Crippen molar-refractivity contribution in [2.24, 2.45) is 0 Å². The van der Waals surface area contributed by atoms with Crippen molar-refractivity contribution in [2.45, 2.75) is 38.0 Å². The van der Waals surface area contributed by atoms with Crippen LogP contribution >= 0.6 is 27.3 Å². The maximum atomic E-state index is 6.17. The summed E-state index contributed by atoms with van der Waals surface area (Å²) in [6.45, 7) is 0. The maximum Gasteiger partial charge on any atom is 0.114 e. The highest BCUT2D eigenvalue weighted by Gasteiger charge is 2.21. The minimum Gasteiger partial charge on any atom is -0.389 e. The lowest BCUT2D eigenvalue weighted by Gasteiger charge is -2.18. The summed E-state index contributed by atoms with van der Waals surface area (Å²) in [5.41, 5.74) is 8.22. The van der Waals surface area contributed by atoms with E-state index < -0.39 is 0 Å². The topological polar surface area (TPSA) is 38.9 Å². The third-order valence-corrected chi connectivity index (χ3v) is 5.26. The monoisotopic (exact) mass is 336 g/mol. The van der Waals surface area contributed by atoms with E-state index in [2.05, 4.69) is 28.1 Å². The molecule has 0 saturated heterocycles. The van der Waals surface area contributed by atoms with Crippen molar-refractivity contribution in [1.82, 2.24) is 4.98 Å². The lowest BCUT2D eigenvalue weighted by atomic mass is 9.90. The first-order chi connectivity index (χ1) is 9.24. The van der Waals surface area contributed by atoms with Crippen LogP contribution in [0.25, 0.3) is 11.3 Å². The Morgan fingerprint density at radius 3 is 2.74 bits per heavy atom. The van der Waals surface area contributed by atoms with Gasteiger partial charge >= 0.3 is 0 Å². The molecular weight excluding hydrogens is 320 g/mol. The third kappa shape index (κ3) is 2.84. The molecule has 2 N–H and O–H groups in total. The molecule has 0 amide bonds. The molecule has 0 spiro atoms. The molecule has 0 aliphatic heterocycles. The fraction of sp³-hybridized carbons (Fsp3) is 0.400. The van der Waals surface area contributed by atoms with Crippen LogP contribution in [-0.4, -0.2) is 4.98 Å². The zero-order valence-corrected chi connectivity index (χ0v) is 13.1. The number of nitrogens with two attached hydrogens (primary N) is 1. The number of nitrogen functional groups attached to an aromatic ring is 1. The summed E-state index contributed by atoms with van der Waals surface area (Å²) in [7, 11) is 0. The minimum atomic E-state index is 0.627. The normalized spacial score (nSPS) is 16.7. The molecule has 1 aromatic carbocycles. The Morgan fingerprint density at radius 2 is 2.00 bits per heavy atom. The van der Waals surface area contributed by atoms with Gasteiger partial charge in [0.15, 0.2) is 0 Å². The van der Waals surface area contributed by atoms with Gasteiger partial charge in [-0.3, -0.25) is 0 Å². The Kier molecular flexibility index (Phi) is 3.89. The van der Waals surface area contributed by atoms with Crippen LogP contribution in [0.5, 0.6) is 0 Å². The Morgan fingerprint density at radius 1 is 1.21 bits per heavy atom. The Bertz CT molecular complexity index is 573. The summed E-state index contributed by atoms with van der Waals surface area (Å²) in [5, 5.41) is 2.07. The summed E-state index contributed by atoms with van der Waals surface area (Å²) >= 11 is 5.18. The molecule has 1 aliphatic rings. The zero-order valence-electron chi connectivity index (χ0n) is 10.7. The number of thiazole rings is 1. The van der Waals surface area contributed by atoms with Crippen molar-refractivity contribution < 1.29 is 0 Å². The van der Waals surface area contributed by atoms with E-state index in [1.54, 1.807) is 11.3 Å². The number of benzene rings is 1. The molecule has 1 saturated carbocycles. The standard InChI is InChI=1S/C15H17BrN2S/c16-12-8-4-7-11(9-12)13-14(17)19-15(18-13)10-5-2-1-3-6-10/h4,7-10H,1-3,5-6,17H2. The Labute approximate surface area is 126 Å². The smallest absolute Gasteiger partial charge is 0.114 e. The molecule has 0 atom stereocenters. The summed E-state index contributed by atoms with van der Waals surface area (Å²) in [6, 6.07) is 8.20. The van der Waals surface area contributed by atoms with E-state index in [-0.39, 0.29) is 0 Å². The maximum absolute atomic E-state index is 6.17. The average molecular weight is 337 g/mol. The summed E-state index contributed by atoms with van der Waals surface area (Å²) in [5.74, 6) is 0.627. The first-order valence-corrected chi connectivity index (χ1v) is 8.37. The molecule has 3 rings (SSSR count). The number of anilines is 1. The van der Waals surface area contributed by atoms with Crippen molar-refractivity contribution in [3.63, 3.8) is 0 Å².